The zero-order chi connectivity index (χ0) is 26.0. The van der Waals surface area contributed by atoms with Crippen LogP contribution in [0.15, 0.2) is 97.1 Å². The van der Waals surface area contributed by atoms with Gasteiger partial charge in [-0.3, -0.25) is 4.79 Å². The third kappa shape index (κ3) is 4.81. The third-order valence-corrected chi connectivity index (χ3v) is 10.8. The number of hydrogen-bond acceptors (Lipinski definition) is 3. The number of rotatable bonds is 6. The monoisotopic (exact) mass is 508 g/mol. The molecular formula is C33H33O3P. The van der Waals surface area contributed by atoms with Crippen LogP contribution in [0.3, 0.4) is 0 Å². The molecule has 0 spiro atoms. The average Bonchev–Trinajstić information content (AvgIpc) is 2.92. The fourth-order valence-electron chi connectivity index (χ4n) is 5.74. The molecule has 0 aliphatic carbocycles. The standard InChI is InChI=1S/C33H33O3P/c1-33(2)22-24(34)21-31(23-13-6-5-7-14-23)37(33)32-27(25-15-8-10-19-29(25)35-3)17-12-18-28(32)26-16-9-11-20-30(26)36-4/h5-20,31H,21-22H2,1-4H3. The molecule has 37 heavy (non-hydrogen) atoms. The van der Waals surface area contributed by atoms with Crippen LogP contribution in [-0.4, -0.2) is 25.2 Å². The highest BCUT2D eigenvalue weighted by Gasteiger charge is 2.45. The number of ether oxygens (including phenoxy) is 2. The quantitative estimate of drug-likeness (QED) is 0.247. The van der Waals surface area contributed by atoms with Gasteiger partial charge in [0.15, 0.2) is 0 Å². The van der Waals surface area contributed by atoms with Crippen molar-refractivity contribution in [2.45, 2.75) is 37.5 Å². The molecule has 0 bridgehead atoms. The minimum absolute atomic E-state index is 0.122. The van der Waals surface area contributed by atoms with Crippen molar-refractivity contribution in [2.75, 3.05) is 14.2 Å². The van der Waals surface area contributed by atoms with Gasteiger partial charge in [0.2, 0.25) is 0 Å². The van der Waals surface area contributed by atoms with Crippen molar-refractivity contribution in [2.24, 2.45) is 0 Å². The lowest BCUT2D eigenvalue weighted by Gasteiger charge is -2.46. The second-order valence-electron chi connectivity index (χ2n) is 10.1. The van der Waals surface area contributed by atoms with Gasteiger partial charge in [0.25, 0.3) is 0 Å². The Bertz CT molecular complexity index is 1340. The third-order valence-electron chi connectivity index (χ3n) is 7.27. The molecule has 4 heteroatoms. The highest BCUT2D eigenvalue weighted by Crippen LogP contribution is 2.67. The van der Waals surface area contributed by atoms with Gasteiger partial charge in [-0.25, -0.2) is 0 Å². The molecule has 4 aromatic rings. The first-order chi connectivity index (χ1) is 17.9. The van der Waals surface area contributed by atoms with E-state index in [4.69, 9.17) is 9.47 Å². The molecule has 188 valence electrons. The Morgan fingerprint density at radius 1 is 0.676 bits per heavy atom. The van der Waals surface area contributed by atoms with Gasteiger partial charge in [-0.15, -0.1) is 0 Å². The fraction of sp³-hybridized carbons (Fsp3) is 0.242. The lowest BCUT2D eigenvalue weighted by Crippen LogP contribution is -2.36. The average molecular weight is 509 g/mol. The zero-order valence-corrected chi connectivity index (χ0v) is 22.8. The molecule has 0 aromatic heterocycles. The molecule has 0 amide bonds. The van der Waals surface area contributed by atoms with Crippen molar-refractivity contribution >= 4 is 19.0 Å². The first-order valence-corrected chi connectivity index (χ1v) is 14.1. The van der Waals surface area contributed by atoms with Gasteiger partial charge in [0.05, 0.1) is 14.2 Å². The summed E-state index contributed by atoms with van der Waals surface area (Å²) in [5.41, 5.74) is 5.82. The second kappa shape index (κ2) is 10.5. The summed E-state index contributed by atoms with van der Waals surface area (Å²) in [6.07, 6.45) is 1.14. The summed E-state index contributed by atoms with van der Waals surface area (Å²) < 4.78 is 11.7. The number of hydrogen-bond donors (Lipinski definition) is 0. The van der Waals surface area contributed by atoms with E-state index < -0.39 is 7.92 Å². The van der Waals surface area contributed by atoms with E-state index in [0.717, 1.165) is 33.8 Å². The zero-order valence-electron chi connectivity index (χ0n) is 21.9. The Morgan fingerprint density at radius 3 is 1.70 bits per heavy atom. The molecule has 0 radical (unpaired) electrons. The maximum Gasteiger partial charge on any atom is 0.134 e. The SMILES string of the molecule is COc1ccccc1-c1cccc(-c2ccccc2OC)c1P1C(c2ccccc2)CC(=O)CC1(C)C. The van der Waals surface area contributed by atoms with E-state index in [1.54, 1.807) is 14.2 Å². The van der Waals surface area contributed by atoms with Crippen LogP contribution in [0.4, 0.5) is 0 Å². The van der Waals surface area contributed by atoms with Crippen molar-refractivity contribution in [3.05, 3.63) is 103 Å². The normalized spacial score (nSPS) is 18.9. The highest BCUT2D eigenvalue weighted by molar-refractivity contribution is 7.68. The number of para-hydroxylation sites is 2. The maximum atomic E-state index is 13.1. The number of carbonyl (C=O) groups is 1. The van der Waals surface area contributed by atoms with E-state index >= 15 is 0 Å². The van der Waals surface area contributed by atoms with Gasteiger partial charge < -0.3 is 9.47 Å². The summed E-state index contributed by atoms with van der Waals surface area (Å²) in [6, 6.07) is 33.6. The number of Topliss-reactive ketones (excluding diaryl/α,β-unsaturated/α-hetero) is 1. The van der Waals surface area contributed by atoms with Crippen molar-refractivity contribution in [1.29, 1.82) is 0 Å². The molecular weight excluding hydrogens is 475 g/mol. The van der Waals surface area contributed by atoms with Gasteiger partial charge >= 0.3 is 0 Å². The van der Waals surface area contributed by atoms with E-state index in [-0.39, 0.29) is 10.8 Å². The van der Waals surface area contributed by atoms with Gasteiger partial charge in [0, 0.05) is 29.6 Å². The minimum Gasteiger partial charge on any atom is -0.496 e. The first-order valence-electron chi connectivity index (χ1n) is 12.7. The molecule has 1 saturated heterocycles. The Balaban J connectivity index is 1.86. The van der Waals surface area contributed by atoms with Crippen molar-refractivity contribution < 1.29 is 14.3 Å². The van der Waals surface area contributed by atoms with Crippen LogP contribution in [0.2, 0.25) is 0 Å². The van der Waals surface area contributed by atoms with Crippen molar-refractivity contribution in [1.82, 2.24) is 0 Å². The van der Waals surface area contributed by atoms with Crippen LogP contribution < -0.4 is 14.8 Å². The molecule has 2 atom stereocenters. The molecule has 0 N–H and O–H groups in total. The summed E-state index contributed by atoms with van der Waals surface area (Å²) >= 11 is 0. The Hall–Kier alpha value is -3.42. The number of carbonyl (C=O) groups excluding carboxylic acids is 1. The highest BCUT2D eigenvalue weighted by atomic mass is 31.1. The van der Waals surface area contributed by atoms with E-state index in [1.807, 2.05) is 30.3 Å². The number of ketones is 1. The predicted octanol–water partition coefficient (Wildman–Crippen LogP) is 8.03. The minimum atomic E-state index is -0.832. The number of benzene rings is 4. The summed E-state index contributed by atoms with van der Waals surface area (Å²) in [7, 11) is 2.62. The lowest BCUT2D eigenvalue weighted by molar-refractivity contribution is -0.119. The molecule has 1 fully saturated rings. The summed E-state index contributed by atoms with van der Waals surface area (Å²) in [5, 5.41) is 1.11. The Morgan fingerprint density at radius 2 is 1.16 bits per heavy atom. The van der Waals surface area contributed by atoms with E-state index in [2.05, 4.69) is 80.6 Å². The maximum absolute atomic E-state index is 13.1. The van der Waals surface area contributed by atoms with Crippen LogP contribution in [0.5, 0.6) is 11.5 Å². The van der Waals surface area contributed by atoms with E-state index in [9.17, 15) is 4.79 Å². The van der Waals surface area contributed by atoms with E-state index in [0.29, 0.717) is 18.6 Å². The van der Waals surface area contributed by atoms with Crippen molar-refractivity contribution in [3.8, 4) is 33.8 Å². The summed E-state index contributed by atoms with van der Waals surface area (Å²) in [5.74, 6) is 2.03. The van der Waals surface area contributed by atoms with Gasteiger partial charge in [-0.05, 0) is 39.3 Å². The van der Waals surface area contributed by atoms with Crippen LogP contribution in [0.25, 0.3) is 22.3 Å². The molecule has 4 aromatic carbocycles. The topological polar surface area (TPSA) is 35.5 Å². The molecule has 3 nitrogen and oxygen atoms in total. The van der Waals surface area contributed by atoms with Gasteiger partial charge in [-0.2, -0.15) is 0 Å². The van der Waals surface area contributed by atoms with Crippen molar-refractivity contribution in [3.63, 3.8) is 0 Å². The van der Waals surface area contributed by atoms with Crippen LogP contribution in [-0.2, 0) is 4.79 Å². The molecule has 5 rings (SSSR count). The number of methoxy groups -OCH3 is 2. The second-order valence-corrected chi connectivity index (χ2v) is 13.2. The van der Waals surface area contributed by atoms with E-state index in [1.165, 1.54) is 10.9 Å². The summed E-state index contributed by atoms with van der Waals surface area (Å²) in [6.45, 7) is 4.55. The molecule has 0 saturated carbocycles. The first kappa shape index (κ1) is 25.2. The molecule has 2 unspecified atom stereocenters. The Kier molecular flexibility index (Phi) is 7.17. The lowest BCUT2D eigenvalue weighted by atomic mass is 9.97. The van der Waals surface area contributed by atoms with Crippen LogP contribution in [0, 0.1) is 0 Å². The summed E-state index contributed by atoms with van der Waals surface area (Å²) in [4.78, 5) is 13.1. The van der Waals surface area contributed by atoms with Gasteiger partial charge in [0.1, 0.15) is 17.3 Å². The van der Waals surface area contributed by atoms with Crippen LogP contribution >= 0.6 is 7.92 Å². The van der Waals surface area contributed by atoms with Gasteiger partial charge in [-0.1, -0.05) is 107 Å². The largest absolute Gasteiger partial charge is 0.496 e. The molecule has 1 aliphatic rings. The smallest absolute Gasteiger partial charge is 0.134 e. The Labute approximate surface area is 221 Å². The van der Waals surface area contributed by atoms with Crippen LogP contribution in [0.1, 0.15) is 37.9 Å². The molecule has 1 aliphatic heterocycles. The fourth-order valence-corrected chi connectivity index (χ4v) is 9.61. The molecule has 1 heterocycles. The predicted molar refractivity (Wildman–Crippen MR) is 154 cm³/mol.